The molecule has 1 amide bonds. The number of likely N-dealkylation sites (tertiary alicyclic amines) is 1. The van der Waals surface area contributed by atoms with Gasteiger partial charge >= 0.3 is 0 Å². The maximum absolute atomic E-state index is 12.4. The van der Waals surface area contributed by atoms with Gasteiger partial charge in [-0.15, -0.1) is 0 Å². The fourth-order valence-corrected chi connectivity index (χ4v) is 2.77. The van der Waals surface area contributed by atoms with Gasteiger partial charge in [0.15, 0.2) is 0 Å². The minimum atomic E-state index is -0.0725. The summed E-state index contributed by atoms with van der Waals surface area (Å²) in [5.41, 5.74) is 0.590. The van der Waals surface area contributed by atoms with Crippen LogP contribution in [0, 0.1) is 0 Å². The summed E-state index contributed by atoms with van der Waals surface area (Å²) in [7, 11) is 0. The van der Waals surface area contributed by atoms with Gasteiger partial charge in [0.1, 0.15) is 12.4 Å². The number of nitrogens with zero attached hydrogens (tertiary/aromatic N) is 1. The van der Waals surface area contributed by atoms with Crippen LogP contribution in [0.5, 0.6) is 5.75 Å². The zero-order chi connectivity index (χ0) is 17.0. The molecule has 1 aromatic rings. The van der Waals surface area contributed by atoms with Crippen LogP contribution in [0.2, 0.25) is 0 Å². The lowest BCUT2D eigenvalue weighted by molar-refractivity contribution is 0.0914. The van der Waals surface area contributed by atoms with Crippen LogP contribution in [0.1, 0.15) is 43.0 Å². The van der Waals surface area contributed by atoms with Gasteiger partial charge in [-0.3, -0.25) is 4.79 Å². The van der Waals surface area contributed by atoms with Gasteiger partial charge in [-0.25, -0.2) is 0 Å². The summed E-state index contributed by atoms with van der Waals surface area (Å²) in [5, 5.41) is 2.99. The molecule has 1 saturated heterocycles. The Morgan fingerprint density at radius 3 is 2.75 bits per heavy atom. The van der Waals surface area contributed by atoms with Gasteiger partial charge in [0.2, 0.25) is 0 Å². The molecule has 0 aliphatic carbocycles. The third kappa shape index (κ3) is 6.49. The van der Waals surface area contributed by atoms with E-state index in [1.807, 2.05) is 18.2 Å². The summed E-state index contributed by atoms with van der Waals surface area (Å²) in [5.74, 6) is 0.548. The van der Waals surface area contributed by atoms with Crippen molar-refractivity contribution in [1.29, 1.82) is 0 Å². The predicted octanol–water partition coefficient (Wildman–Crippen LogP) is 2.71. The first kappa shape index (κ1) is 18.7. The van der Waals surface area contributed by atoms with E-state index in [1.165, 1.54) is 12.8 Å². The molecule has 1 aliphatic heterocycles. The van der Waals surface area contributed by atoms with Crippen LogP contribution >= 0.6 is 0 Å². The minimum Gasteiger partial charge on any atom is -0.490 e. The highest BCUT2D eigenvalue weighted by Crippen LogP contribution is 2.17. The van der Waals surface area contributed by atoms with Gasteiger partial charge in [-0.2, -0.15) is 0 Å². The second-order valence-corrected chi connectivity index (χ2v) is 6.12. The molecule has 134 valence electrons. The van der Waals surface area contributed by atoms with E-state index in [4.69, 9.17) is 9.47 Å². The molecule has 1 aliphatic rings. The molecular weight excluding hydrogens is 304 g/mol. The van der Waals surface area contributed by atoms with Crippen molar-refractivity contribution in [2.75, 3.05) is 46.0 Å². The van der Waals surface area contributed by atoms with Crippen molar-refractivity contribution in [3.8, 4) is 5.75 Å². The largest absolute Gasteiger partial charge is 0.490 e. The first-order valence-corrected chi connectivity index (χ1v) is 9.11. The molecule has 5 nitrogen and oxygen atoms in total. The van der Waals surface area contributed by atoms with Crippen LogP contribution < -0.4 is 10.1 Å². The Morgan fingerprint density at radius 2 is 1.96 bits per heavy atom. The molecule has 0 atom stereocenters. The van der Waals surface area contributed by atoms with Gasteiger partial charge < -0.3 is 19.7 Å². The predicted molar refractivity (Wildman–Crippen MR) is 95.7 cm³/mol. The lowest BCUT2D eigenvalue weighted by Crippen LogP contribution is -2.33. The number of para-hydroxylation sites is 1. The molecule has 0 radical (unpaired) electrons. The van der Waals surface area contributed by atoms with E-state index in [1.54, 1.807) is 6.07 Å². The quantitative estimate of drug-likeness (QED) is 0.632. The van der Waals surface area contributed by atoms with E-state index in [-0.39, 0.29) is 5.91 Å². The zero-order valence-corrected chi connectivity index (χ0v) is 14.8. The monoisotopic (exact) mass is 334 g/mol. The number of unbranched alkanes of at least 4 members (excludes halogenated alkanes) is 1. The zero-order valence-electron chi connectivity index (χ0n) is 14.8. The Hall–Kier alpha value is -1.59. The molecule has 0 unspecified atom stereocenters. The summed E-state index contributed by atoms with van der Waals surface area (Å²) < 4.78 is 11.2. The number of carbonyl (C=O) groups excluding carboxylic acids is 1. The van der Waals surface area contributed by atoms with Crippen LogP contribution in [0.15, 0.2) is 24.3 Å². The highest BCUT2D eigenvalue weighted by Gasteiger charge is 2.14. The van der Waals surface area contributed by atoms with Crippen molar-refractivity contribution in [1.82, 2.24) is 10.2 Å². The highest BCUT2D eigenvalue weighted by molar-refractivity contribution is 5.96. The molecule has 5 heteroatoms. The van der Waals surface area contributed by atoms with Crippen LogP contribution in [0.4, 0.5) is 0 Å². The summed E-state index contributed by atoms with van der Waals surface area (Å²) in [6.45, 7) is 7.79. The Bertz CT molecular complexity index is 487. The van der Waals surface area contributed by atoms with Crippen molar-refractivity contribution in [3.05, 3.63) is 29.8 Å². The van der Waals surface area contributed by atoms with E-state index < -0.39 is 0 Å². The average Bonchev–Trinajstić information content (AvgIpc) is 3.11. The van der Waals surface area contributed by atoms with Gasteiger partial charge in [0.25, 0.3) is 5.91 Å². The number of hydrogen-bond donors (Lipinski definition) is 1. The third-order valence-corrected chi connectivity index (χ3v) is 4.17. The smallest absolute Gasteiger partial charge is 0.255 e. The molecule has 1 fully saturated rings. The molecule has 0 aromatic heterocycles. The SMILES string of the molecule is CCCCOCCOc1ccccc1C(=O)NCCN1CCCC1. The first-order chi connectivity index (χ1) is 11.8. The Labute approximate surface area is 145 Å². The average molecular weight is 334 g/mol. The van der Waals surface area contributed by atoms with E-state index >= 15 is 0 Å². The number of amides is 1. The summed E-state index contributed by atoms with van der Waals surface area (Å²) in [6.07, 6.45) is 4.73. The molecule has 1 aromatic carbocycles. The molecule has 24 heavy (non-hydrogen) atoms. The highest BCUT2D eigenvalue weighted by atomic mass is 16.5. The lowest BCUT2D eigenvalue weighted by atomic mass is 10.2. The van der Waals surface area contributed by atoms with Gasteiger partial charge in [-0.05, 0) is 44.5 Å². The Kier molecular flexibility index (Phi) is 8.63. The van der Waals surface area contributed by atoms with Crippen molar-refractivity contribution in [3.63, 3.8) is 0 Å². The van der Waals surface area contributed by atoms with Gasteiger partial charge in [0.05, 0.1) is 12.2 Å². The standard InChI is InChI=1S/C19H30N2O3/c1-2-3-14-23-15-16-24-18-9-5-4-8-17(18)19(22)20-10-13-21-11-6-7-12-21/h4-5,8-9H,2-3,6-7,10-16H2,1H3,(H,20,22). The first-order valence-electron chi connectivity index (χ1n) is 9.11. The molecule has 2 rings (SSSR count). The van der Waals surface area contributed by atoms with Crippen molar-refractivity contribution in [2.45, 2.75) is 32.6 Å². The topological polar surface area (TPSA) is 50.8 Å². The number of hydrogen-bond acceptors (Lipinski definition) is 4. The second kappa shape index (κ2) is 11.0. The second-order valence-electron chi connectivity index (χ2n) is 6.12. The van der Waals surface area contributed by atoms with Crippen LogP contribution in [-0.4, -0.2) is 56.8 Å². The van der Waals surface area contributed by atoms with Crippen molar-refractivity contribution >= 4 is 5.91 Å². The summed E-state index contributed by atoms with van der Waals surface area (Å²) >= 11 is 0. The maximum atomic E-state index is 12.4. The molecule has 1 heterocycles. The Balaban J connectivity index is 1.73. The lowest BCUT2D eigenvalue weighted by Gasteiger charge is -2.15. The minimum absolute atomic E-state index is 0.0725. The maximum Gasteiger partial charge on any atom is 0.255 e. The van der Waals surface area contributed by atoms with E-state index in [0.29, 0.717) is 31.1 Å². The number of nitrogens with one attached hydrogen (secondary N) is 1. The number of benzene rings is 1. The van der Waals surface area contributed by atoms with Crippen molar-refractivity contribution < 1.29 is 14.3 Å². The molecule has 0 spiro atoms. The number of ether oxygens (including phenoxy) is 2. The molecular formula is C19H30N2O3. The van der Waals surface area contributed by atoms with E-state index in [2.05, 4.69) is 17.1 Å². The molecule has 0 saturated carbocycles. The summed E-state index contributed by atoms with van der Waals surface area (Å²) in [6, 6.07) is 7.38. The normalized spacial score (nSPS) is 14.7. The fraction of sp³-hybridized carbons (Fsp3) is 0.632. The van der Waals surface area contributed by atoms with E-state index in [0.717, 1.165) is 39.1 Å². The Morgan fingerprint density at radius 1 is 1.17 bits per heavy atom. The number of carbonyl (C=O) groups is 1. The van der Waals surface area contributed by atoms with Crippen LogP contribution in [0.3, 0.4) is 0 Å². The van der Waals surface area contributed by atoms with Crippen LogP contribution in [-0.2, 0) is 4.74 Å². The van der Waals surface area contributed by atoms with E-state index in [9.17, 15) is 4.79 Å². The molecule has 0 bridgehead atoms. The van der Waals surface area contributed by atoms with Crippen LogP contribution in [0.25, 0.3) is 0 Å². The number of rotatable bonds is 11. The fourth-order valence-electron chi connectivity index (χ4n) is 2.77. The van der Waals surface area contributed by atoms with Gasteiger partial charge in [-0.1, -0.05) is 25.5 Å². The third-order valence-electron chi connectivity index (χ3n) is 4.17. The summed E-state index contributed by atoms with van der Waals surface area (Å²) in [4.78, 5) is 14.8. The van der Waals surface area contributed by atoms with Gasteiger partial charge in [0, 0.05) is 19.7 Å². The van der Waals surface area contributed by atoms with Crippen molar-refractivity contribution in [2.24, 2.45) is 0 Å². The molecule has 1 N–H and O–H groups in total.